The van der Waals surface area contributed by atoms with Crippen LogP contribution in [0.2, 0.25) is 0 Å². The quantitative estimate of drug-likeness (QED) is 0.652. The molecule has 130 valence electrons. The van der Waals surface area contributed by atoms with Crippen LogP contribution in [0.4, 0.5) is 0 Å². The zero-order valence-corrected chi connectivity index (χ0v) is 14.8. The Morgan fingerprint density at radius 3 is 1.96 bits per heavy atom. The van der Waals surface area contributed by atoms with Gasteiger partial charge in [0.25, 0.3) is 0 Å². The Kier molecular flexibility index (Phi) is 5.70. The van der Waals surface area contributed by atoms with Crippen molar-refractivity contribution < 1.29 is 16.8 Å². The fraction of sp³-hybridized carbons (Fsp3) is 0.538. The highest BCUT2D eigenvalue weighted by Crippen LogP contribution is 2.23. The Balaban J connectivity index is 0.00000192. The number of nitrogens with one attached hydrogen (secondary N) is 3. The summed E-state index contributed by atoms with van der Waals surface area (Å²) in [5, 5.41) is 3.08. The largest absolute Gasteiger partial charge is 0.315 e. The highest BCUT2D eigenvalue weighted by atomic mass is 35.5. The molecule has 0 bridgehead atoms. The van der Waals surface area contributed by atoms with Crippen molar-refractivity contribution in [1.29, 1.82) is 0 Å². The molecule has 1 heterocycles. The van der Waals surface area contributed by atoms with Gasteiger partial charge in [0.05, 0.1) is 9.79 Å². The lowest BCUT2D eigenvalue weighted by Gasteiger charge is -2.13. The first-order valence-electron chi connectivity index (χ1n) is 7.22. The predicted octanol–water partition coefficient (Wildman–Crippen LogP) is 0.189. The molecule has 1 saturated heterocycles. The second kappa shape index (κ2) is 7.04. The van der Waals surface area contributed by atoms with Gasteiger partial charge in [-0.25, -0.2) is 26.3 Å². The number of hydrogen-bond acceptors (Lipinski definition) is 5. The number of halogens is 1. The normalized spacial score (nSPS) is 21.8. The minimum Gasteiger partial charge on any atom is -0.315 e. The molecule has 2 fully saturated rings. The van der Waals surface area contributed by atoms with E-state index in [0.717, 1.165) is 25.8 Å². The molecule has 23 heavy (non-hydrogen) atoms. The van der Waals surface area contributed by atoms with Crippen LogP contribution in [0.25, 0.3) is 0 Å². The Hall–Kier alpha value is -0.710. The molecule has 1 aliphatic carbocycles. The maximum Gasteiger partial charge on any atom is 0.240 e. The highest BCUT2D eigenvalue weighted by Gasteiger charge is 2.29. The highest BCUT2D eigenvalue weighted by molar-refractivity contribution is 7.90. The number of benzene rings is 1. The molecule has 7 nitrogen and oxygen atoms in total. The van der Waals surface area contributed by atoms with E-state index in [0.29, 0.717) is 6.54 Å². The van der Waals surface area contributed by atoms with Crippen LogP contribution in [0.3, 0.4) is 0 Å². The van der Waals surface area contributed by atoms with Gasteiger partial charge in [-0.2, -0.15) is 0 Å². The molecule has 0 spiro atoms. The molecular formula is C13H20ClN3O4S2. The van der Waals surface area contributed by atoms with Crippen LogP contribution in [-0.4, -0.2) is 42.0 Å². The second-order valence-electron chi connectivity index (χ2n) is 5.68. The van der Waals surface area contributed by atoms with Crippen LogP contribution in [-0.2, 0) is 20.0 Å². The van der Waals surface area contributed by atoms with Gasteiger partial charge in [-0.1, -0.05) is 6.07 Å². The third kappa shape index (κ3) is 4.65. The van der Waals surface area contributed by atoms with Gasteiger partial charge in [0, 0.05) is 18.6 Å². The van der Waals surface area contributed by atoms with Crippen molar-refractivity contribution in [3.05, 3.63) is 24.3 Å². The van der Waals surface area contributed by atoms with Crippen LogP contribution < -0.4 is 14.8 Å². The molecule has 1 atom stereocenters. The van der Waals surface area contributed by atoms with Gasteiger partial charge < -0.3 is 5.32 Å². The minimum atomic E-state index is -3.72. The molecule has 0 radical (unpaired) electrons. The maximum atomic E-state index is 12.3. The molecule has 2 aliphatic rings. The zero-order valence-electron chi connectivity index (χ0n) is 12.4. The van der Waals surface area contributed by atoms with Gasteiger partial charge in [-0.3, -0.25) is 0 Å². The van der Waals surface area contributed by atoms with Crippen LogP contribution in [0.1, 0.15) is 19.3 Å². The van der Waals surface area contributed by atoms with Gasteiger partial charge in [-0.15, -0.1) is 12.4 Å². The van der Waals surface area contributed by atoms with Crippen molar-refractivity contribution in [2.45, 2.75) is 41.1 Å². The van der Waals surface area contributed by atoms with E-state index < -0.39 is 20.0 Å². The summed E-state index contributed by atoms with van der Waals surface area (Å²) in [4.78, 5) is -0.0510. The monoisotopic (exact) mass is 381 g/mol. The summed E-state index contributed by atoms with van der Waals surface area (Å²) in [6, 6.07) is 5.28. The van der Waals surface area contributed by atoms with E-state index in [1.807, 2.05) is 0 Å². The van der Waals surface area contributed by atoms with E-state index in [4.69, 9.17) is 0 Å². The Morgan fingerprint density at radius 1 is 0.913 bits per heavy atom. The molecule has 1 saturated carbocycles. The van der Waals surface area contributed by atoms with E-state index >= 15 is 0 Å². The van der Waals surface area contributed by atoms with Crippen LogP contribution in [0.5, 0.6) is 0 Å². The summed E-state index contributed by atoms with van der Waals surface area (Å²) in [5.74, 6) is 0. The van der Waals surface area contributed by atoms with Crippen LogP contribution >= 0.6 is 12.4 Å². The molecule has 1 unspecified atom stereocenters. The number of hydrogen-bond donors (Lipinski definition) is 3. The first kappa shape index (κ1) is 18.6. The summed E-state index contributed by atoms with van der Waals surface area (Å²) in [5.41, 5.74) is 0. The lowest BCUT2D eigenvalue weighted by atomic mass is 10.3. The Bertz CT molecular complexity index is 757. The fourth-order valence-electron chi connectivity index (χ4n) is 2.34. The SMILES string of the molecule is Cl.O=S(=O)(NC1CC1)c1cccc(S(=O)(=O)NC2CCNC2)c1. The van der Waals surface area contributed by atoms with Crippen LogP contribution in [0.15, 0.2) is 34.1 Å². The van der Waals surface area contributed by atoms with Gasteiger partial charge in [-0.05, 0) is 44.0 Å². The van der Waals surface area contributed by atoms with Gasteiger partial charge in [0.15, 0.2) is 0 Å². The molecule has 3 N–H and O–H groups in total. The average molecular weight is 382 g/mol. The molecular weight excluding hydrogens is 362 g/mol. The van der Waals surface area contributed by atoms with Gasteiger partial charge in [0.2, 0.25) is 20.0 Å². The first-order valence-corrected chi connectivity index (χ1v) is 10.2. The molecule has 1 aliphatic heterocycles. The smallest absolute Gasteiger partial charge is 0.240 e. The lowest BCUT2D eigenvalue weighted by Crippen LogP contribution is -2.36. The second-order valence-corrected chi connectivity index (χ2v) is 9.11. The van der Waals surface area contributed by atoms with Crippen LogP contribution in [0, 0.1) is 0 Å². The standard InChI is InChI=1S/C13H19N3O4S2.ClH/c17-21(18,15-10-4-5-10)12-2-1-3-13(8-12)22(19,20)16-11-6-7-14-9-11;/h1-3,8,10-11,14-16H,4-7,9H2;1H. The molecule has 0 aromatic heterocycles. The fourth-order valence-corrected chi connectivity index (χ4v) is 5.08. The lowest BCUT2D eigenvalue weighted by molar-refractivity contribution is 0.560. The molecule has 1 aromatic carbocycles. The molecule has 0 amide bonds. The van der Waals surface area contributed by atoms with Crippen molar-refractivity contribution in [3.63, 3.8) is 0 Å². The minimum absolute atomic E-state index is 0. The van der Waals surface area contributed by atoms with E-state index in [1.54, 1.807) is 0 Å². The Morgan fingerprint density at radius 2 is 1.48 bits per heavy atom. The first-order chi connectivity index (χ1) is 10.4. The number of rotatable bonds is 6. The summed E-state index contributed by atoms with van der Waals surface area (Å²) < 4.78 is 54.2. The summed E-state index contributed by atoms with van der Waals surface area (Å²) in [6.45, 7) is 1.35. The molecule has 1 aromatic rings. The molecule has 10 heteroatoms. The van der Waals surface area contributed by atoms with Crippen molar-refractivity contribution in [1.82, 2.24) is 14.8 Å². The molecule has 3 rings (SSSR count). The predicted molar refractivity (Wildman–Crippen MR) is 88.6 cm³/mol. The van der Waals surface area contributed by atoms with Crippen molar-refractivity contribution >= 4 is 32.5 Å². The van der Waals surface area contributed by atoms with Crippen molar-refractivity contribution in [3.8, 4) is 0 Å². The van der Waals surface area contributed by atoms with E-state index in [9.17, 15) is 16.8 Å². The van der Waals surface area contributed by atoms with E-state index in [-0.39, 0.29) is 34.3 Å². The third-order valence-corrected chi connectivity index (χ3v) is 6.74. The average Bonchev–Trinajstić information content (AvgIpc) is 3.11. The summed E-state index contributed by atoms with van der Waals surface area (Å²) in [7, 11) is -7.38. The topological polar surface area (TPSA) is 104 Å². The summed E-state index contributed by atoms with van der Waals surface area (Å²) >= 11 is 0. The van der Waals surface area contributed by atoms with Crippen molar-refractivity contribution in [2.24, 2.45) is 0 Å². The van der Waals surface area contributed by atoms with E-state index in [1.165, 1.54) is 24.3 Å². The van der Waals surface area contributed by atoms with Gasteiger partial charge >= 0.3 is 0 Å². The Labute approximate surface area is 142 Å². The third-order valence-electron chi connectivity index (χ3n) is 3.71. The zero-order chi connectivity index (χ0) is 15.8. The van der Waals surface area contributed by atoms with Crippen molar-refractivity contribution in [2.75, 3.05) is 13.1 Å². The number of sulfonamides is 2. The summed E-state index contributed by atoms with van der Waals surface area (Å²) in [6.07, 6.45) is 2.38. The van der Waals surface area contributed by atoms with E-state index in [2.05, 4.69) is 14.8 Å². The maximum absolute atomic E-state index is 12.3. The van der Waals surface area contributed by atoms with Gasteiger partial charge in [0.1, 0.15) is 0 Å².